The molecule has 1 aliphatic carbocycles. The second-order valence-corrected chi connectivity index (χ2v) is 11.4. The van der Waals surface area contributed by atoms with Crippen molar-refractivity contribution >= 4 is 33.2 Å². The molecule has 4 rings (SSSR count). The van der Waals surface area contributed by atoms with E-state index in [4.69, 9.17) is 32.7 Å². The van der Waals surface area contributed by atoms with Gasteiger partial charge < -0.3 is 9.47 Å². The molecule has 33 heavy (non-hydrogen) atoms. The Kier molecular flexibility index (Phi) is 8.20. The van der Waals surface area contributed by atoms with E-state index in [1.807, 2.05) is 18.2 Å². The molecule has 180 valence electrons. The van der Waals surface area contributed by atoms with Gasteiger partial charge in [-0.05, 0) is 80.1 Å². The molecule has 1 aliphatic heterocycles. The molecule has 1 heterocycles. The highest BCUT2D eigenvalue weighted by molar-refractivity contribution is 7.89. The molecule has 6 nitrogen and oxygen atoms in total. The van der Waals surface area contributed by atoms with Crippen LogP contribution in [-0.2, 0) is 27.9 Å². The van der Waals surface area contributed by atoms with Gasteiger partial charge in [0.05, 0.1) is 17.6 Å². The van der Waals surface area contributed by atoms with Crippen LogP contribution in [0, 0.1) is 5.92 Å². The molecule has 0 radical (unpaired) electrons. The molecule has 1 N–H and O–H groups in total. The van der Waals surface area contributed by atoms with Crippen molar-refractivity contribution in [1.29, 1.82) is 0 Å². The van der Waals surface area contributed by atoms with Crippen LogP contribution in [0.15, 0.2) is 41.3 Å². The first-order chi connectivity index (χ1) is 15.8. The average molecular weight is 513 g/mol. The summed E-state index contributed by atoms with van der Waals surface area (Å²) in [7, 11) is -2.15. The number of benzene rings is 2. The van der Waals surface area contributed by atoms with E-state index >= 15 is 0 Å². The number of nitrogens with one attached hydrogen (secondary N) is 1. The fourth-order valence-electron chi connectivity index (χ4n) is 4.40. The molecule has 0 unspecified atom stereocenters. The van der Waals surface area contributed by atoms with Crippen LogP contribution in [0.1, 0.15) is 36.8 Å². The number of rotatable bonds is 10. The monoisotopic (exact) mass is 512 g/mol. The third kappa shape index (κ3) is 6.41. The van der Waals surface area contributed by atoms with Crippen LogP contribution >= 0.6 is 23.2 Å². The van der Waals surface area contributed by atoms with Gasteiger partial charge in [-0.15, -0.1) is 0 Å². The van der Waals surface area contributed by atoms with Crippen LogP contribution in [0.5, 0.6) is 5.75 Å². The van der Waals surface area contributed by atoms with Crippen molar-refractivity contribution in [3.8, 4) is 5.75 Å². The Bertz CT molecular complexity index is 1070. The van der Waals surface area contributed by atoms with Crippen molar-refractivity contribution in [2.45, 2.75) is 49.8 Å². The van der Waals surface area contributed by atoms with Crippen molar-refractivity contribution in [3.63, 3.8) is 0 Å². The van der Waals surface area contributed by atoms with E-state index in [9.17, 15) is 8.42 Å². The summed E-state index contributed by atoms with van der Waals surface area (Å²) >= 11 is 12.5. The number of likely N-dealkylation sites (tertiary alicyclic amines) is 1. The molecule has 1 saturated carbocycles. The molecular formula is C24H30Cl2N2O4S. The first-order valence-electron chi connectivity index (χ1n) is 11.3. The minimum Gasteiger partial charge on any atom is -0.490 e. The quantitative estimate of drug-likeness (QED) is 0.491. The molecule has 0 atom stereocenters. The topological polar surface area (TPSA) is 67.9 Å². The highest BCUT2D eigenvalue weighted by atomic mass is 35.5. The number of sulfonamides is 1. The van der Waals surface area contributed by atoms with Gasteiger partial charge in [-0.1, -0.05) is 35.3 Å². The lowest BCUT2D eigenvalue weighted by molar-refractivity contribution is 0.0673. The summed E-state index contributed by atoms with van der Waals surface area (Å²) in [5.74, 6) is 0.983. The highest BCUT2D eigenvalue weighted by Crippen LogP contribution is 2.33. The third-order valence-corrected chi connectivity index (χ3v) is 8.39. The van der Waals surface area contributed by atoms with Gasteiger partial charge in [0.15, 0.2) is 0 Å². The van der Waals surface area contributed by atoms with Crippen molar-refractivity contribution in [2.24, 2.45) is 5.92 Å². The van der Waals surface area contributed by atoms with Crippen LogP contribution in [0.4, 0.5) is 0 Å². The normalized spacial score (nSPS) is 21.2. The summed E-state index contributed by atoms with van der Waals surface area (Å²) < 4.78 is 39.5. The van der Waals surface area contributed by atoms with E-state index in [1.54, 1.807) is 12.1 Å². The fraction of sp³-hybridized carbons (Fsp3) is 0.500. The predicted octanol–water partition coefficient (Wildman–Crippen LogP) is 4.87. The second kappa shape index (κ2) is 10.9. The molecule has 0 bridgehead atoms. The second-order valence-electron chi connectivity index (χ2n) is 8.85. The highest BCUT2D eigenvalue weighted by Gasteiger charge is 2.32. The maximum absolute atomic E-state index is 12.8. The molecule has 0 spiro atoms. The average Bonchev–Trinajstić information content (AvgIpc) is 3.26. The first kappa shape index (κ1) is 24.8. The van der Waals surface area contributed by atoms with E-state index in [0.29, 0.717) is 17.1 Å². The van der Waals surface area contributed by atoms with Crippen LogP contribution < -0.4 is 9.46 Å². The fourth-order valence-corrected chi connectivity index (χ4v) is 6.23. The van der Waals surface area contributed by atoms with Crippen LogP contribution in [0.2, 0.25) is 10.0 Å². The van der Waals surface area contributed by atoms with Crippen molar-refractivity contribution in [2.75, 3.05) is 26.7 Å². The molecule has 0 amide bonds. The molecular weight excluding hydrogens is 483 g/mol. The van der Waals surface area contributed by atoms with Gasteiger partial charge in [0, 0.05) is 30.2 Å². The van der Waals surface area contributed by atoms with E-state index in [0.717, 1.165) is 48.8 Å². The number of methoxy groups -OCH3 is 1. The molecule has 2 fully saturated rings. The number of halogens is 2. The minimum absolute atomic E-state index is 0.0650. The Morgan fingerprint density at radius 1 is 1.06 bits per heavy atom. The van der Waals surface area contributed by atoms with Crippen molar-refractivity contribution < 1.29 is 17.9 Å². The zero-order valence-corrected chi connectivity index (χ0v) is 21.1. The minimum atomic E-state index is -3.68. The van der Waals surface area contributed by atoms with Gasteiger partial charge in [-0.2, -0.15) is 0 Å². The summed E-state index contributed by atoms with van der Waals surface area (Å²) in [6.07, 6.45) is 4.15. The van der Waals surface area contributed by atoms with Crippen LogP contribution in [0.3, 0.4) is 0 Å². The zero-order chi connectivity index (χ0) is 23.4. The Balaban J connectivity index is 1.26. The van der Waals surface area contributed by atoms with Crippen LogP contribution in [0.25, 0.3) is 0 Å². The molecule has 2 aromatic carbocycles. The summed E-state index contributed by atoms with van der Waals surface area (Å²) in [4.78, 5) is 2.58. The Morgan fingerprint density at radius 3 is 2.48 bits per heavy atom. The van der Waals surface area contributed by atoms with Gasteiger partial charge in [0.1, 0.15) is 5.75 Å². The molecule has 2 aromatic rings. The predicted molar refractivity (Wildman–Crippen MR) is 130 cm³/mol. The largest absolute Gasteiger partial charge is 0.490 e. The zero-order valence-electron chi connectivity index (χ0n) is 18.7. The standard InChI is InChI=1S/C24H30Cl2N2O4S/c1-31-16-19-4-6-20(25)12-24(19)33(29,30)27-14-17-10-22(11-17)32-21-7-5-18(23(26)13-21)15-28-8-2-3-9-28/h4-7,12-13,17,22,27H,2-3,8-11,14-16H2,1H3. The summed E-state index contributed by atoms with van der Waals surface area (Å²) in [5, 5.41) is 1.11. The Labute approximate surface area is 206 Å². The molecule has 0 aromatic heterocycles. The number of hydrogen-bond donors (Lipinski definition) is 1. The van der Waals surface area contributed by atoms with E-state index in [1.165, 1.54) is 26.0 Å². The maximum Gasteiger partial charge on any atom is 0.240 e. The van der Waals surface area contributed by atoms with E-state index < -0.39 is 10.0 Å². The summed E-state index contributed by atoms with van der Waals surface area (Å²) in [6.45, 7) is 3.70. The van der Waals surface area contributed by atoms with Gasteiger partial charge in [0.25, 0.3) is 0 Å². The van der Waals surface area contributed by atoms with Gasteiger partial charge >= 0.3 is 0 Å². The van der Waals surface area contributed by atoms with E-state index in [2.05, 4.69) is 9.62 Å². The van der Waals surface area contributed by atoms with Gasteiger partial charge in [0.2, 0.25) is 10.0 Å². The Morgan fingerprint density at radius 2 is 1.79 bits per heavy atom. The molecule has 9 heteroatoms. The van der Waals surface area contributed by atoms with Gasteiger partial charge in [-0.3, -0.25) is 4.90 Å². The lowest BCUT2D eigenvalue weighted by Crippen LogP contribution is -2.41. The van der Waals surface area contributed by atoms with Crippen LogP contribution in [-0.4, -0.2) is 46.2 Å². The summed E-state index contributed by atoms with van der Waals surface area (Å²) in [5.41, 5.74) is 1.70. The Hall–Kier alpha value is -1.35. The number of ether oxygens (including phenoxy) is 2. The lowest BCUT2D eigenvalue weighted by atomic mass is 9.82. The molecule has 1 saturated heterocycles. The van der Waals surface area contributed by atoms with Crippen molar-refractivity contribution in [3.05, 3.63) is 57.6 Å². The molecule has 2 aliphatic rings. The smallest absolute Gasteiger partial charge is 0.240 e. The van der Waals surface area contributed by atoms with E-state index in [-0.39, 0.29) is 23.5 Å². The first-order valence-corrected chi connectivity index (χ1v) is 13.5. The summed E-state index contributed by atoms with van der Waals surface area (Å²) in [6, 6.07) is 10.7. The number of nitrogens with zero attached hydrogens (tertiary/aromatic N) is 1. The van der Waals surface area contributed by atoms with Crippen molar-refractivity contribution in [1.82, 2.24) is 9.62 Å². The third-order valence-electron chi connectivity index (χ3n) is 6.29. The number of hydrogen-bond acceptors (Lipinski definition) is 5. The SMILES string of the molecule is COCc1ccc(Cl)cc1S(=O)(=O)NCC1CC(Oc2ccc(CN3CCCC3)c(Cl)c2)C1. The maximum atomic E-state index is 12.8. The van der Waals surface area contributed by atoms with Gasteiger partial charge in [-0.25, -0.2) is 13.1 Å². The lowest BCUT2D eigenvalue weighted by Gasteiger charge is -2.35.